The molecule has 1 aliphatic heterocycles. The van der Waals surface area contributed by atoms with Gasteiger partial charge in [-0.15, -0.1) is 0 Å². The van der Waals surface area contributed by atoms with Gasteiger partial charge in [0.15, 0.2) is 12.4 Å². The number of ether oxygens (including phenoxy) is 2. The third-order valence-corrected chi connectivity index (χ3v) is 7.27. The van der Waals surface area contributed by atoms with Crippen molar-refractivity contribution >= 4 is 40.4 Å². The van der Waals surface area contributed by atoms with Gasteiger partial charge in [0, 0.05) is 27.6 Å². The number of methoxy groups -OCH3 is 1. The van der Waals surface area contributed by atoms with Crippen LogP contribution in [0.1, 0.15) is 64.2 Å². The summed E-state index contributed by atoms with van der Waals surface area (Å²) in [5.74, 6) is -2.35. The molecule has 11 heteroatoms. The number of ketones is 1. The molecule has 228 valence electrons. The Kier molecular flexibility index (Phi) is 10.3. The summed E-state index contributed by atoms with van der Waals surface area (Å²) < 4.78 is 10.6. The molecular weight excluding hydrogens is 540 g/mol. The maximum atomic E-state index is 13.5. The third kappa shape index (κ3) is 7.54. The Morgan fingerprint density at radius 2 is 1.83 bits per heavy atom. The fourth-order valence-corrected chi connectivity index (χ4v) is 5.00. The quantitative estimate of drug-likeness (QED) is 0.224. The Labute approximate surface area is 248 Å². The highest BCUT2D eigenvalue weighted by Crippen LogP contribution is 2.26. The van der Waals surface area contributed by atoms with E-state index >= 15 is 0 Å². The Balaban J connectivity index is 0.00000337. The Bertz CT molecular complexity index is 1450. The number of piperidine rings is 1. The van der Waals surface area contributed by atoms with Crippen LogP contribution in [-0.2, 0) is 19.1 Å². The molecule has 1 fully saturated rings. The van der Waals surface area contributed by atoms with Gasteiger partial charge in [-0.1, -0.05) is 37.6 Å². The van der Waals surface area contributed by atoms with E-state index in [-0.39, 0.29) is 27.9 Å². The molecule has 0 aliphatic carbocycles. The van der Waals surface area contributed by atoms with Crippen molar-refractivity contribution in [1.82, 2.24) is 20.9 Å². The molecule has 11 nitrogen and oxygen atoms in total. The predicted octanol–water partition coefficient (Wildman–Crippen LogP) is 3.64. The minimum absolute atomic E-state index is 0. The summed E-state index contributed by atoms with van der Waals surface area (Å²) in [4.78, 5) is 67.8. The van der Waals surface area contributed by atoms with E-state index in [1.165, 1.54) is 0 Å². The highest BCUT2D eigenvalue weighted by molar-refractivity contribution is 6.02. The first-order chi connectivity index (χ1) is 20.3. The van der Waals surface area contributed by atoms with Gasteiger partial charge in [-0.25, -0.2) is 4.79 Å². The van der Waals surface area contributed by atoms with Crippen molar-refractivity contribution in [3.63, 3.8) is 0 Å². The summed E-state index contributed by atoms with van der Waals surface area (Å²) in [6.45, 7) is 1.85. The van der Waals surface area contributed by atoms with E-state index in [0.29, 0.717) is 37.1 Å². The van der Waals surface area contributed by atoms with E-state index < -0.39 is 48.2 Å². The number of benzene rings is 2. The van der Waals surface area contributed by atoms with Crippen molar-refractivity contribution in [3.8, 4) is 5.75 Å². The van der Waals surface area contributed by atoms with Crippen molar-refractivity contribution in [1.29, 1.82) is 0 Å². The number of aromatic nitrogens is 1. The van der Waals surface area contributed by atoms with Crippen LogP contribution in [0.25, 0.3) is 10.9 Å². The molecule has 3 amide bonds. The number of rotatable bonds is 13. The summed E-state index contributed by atoms with van der Waals surface area (Å²) in [5.41, 5.74) is 1.25. The smallest absolute Gasteiger partial charge is 0.338 e. The SMILES string of the molecule is CCC[C@H](NC(=O)c1cc2c(OC)cccc2[nH]1)C(=O)N[C@@H](C[C@@H]1CCCNC1=O)C(=O)COC(=O)c1ccccc1.[HH].[HH].[HH]. The first kappa shape index (κ1) is 30.3. The molecule has 4 N–H and O–H groups in total. The molecule has 1 aromatic heterocycles. The van der Waals surface area contributed by atoms with Crippen LogP contribution in [0.4, 0.5) is 0 Å². The van der Waals surface area contributed by atoms with Crippen molar-refractivity contribution < 1.29 is 37.7 Å². The molecule has 3 aromatic rings. The standard InChI is InChI=1S/C31H36N4O7.3H2/c1-3-9-23(34-30(39)25-17-21-22(33-25)13-7-14-27(21)41-2)29(38)35-24(16-20-12-8-15-32-28(20)37)26(36)18-42-31(40)19-10-5-4-6-11-19;;;/h4-7,10-11,13-14,17,20,23-24,33H,3,8-9,12,15-16,18H2,1-2H3,(H,32,37)(H,34,39)(H,35,38);3*1H/t20-,23-,24-;;;/m0.../s1. The average molecular weight is 583 g/mol. The maximum Gasteiger partial charge on any atom is 0.338 e. The molecule has 2 aromatic carbocycles. The normalized spacial score (nSPS) is 16.1. The van der Waals surface area contributed by atoms with Gasteiger partial charge in [-0.05, 0) is 56.0 Å². The maximum absolute atomic E-state index is 13.5. The zero-order valence-electron chi connectivity index (χ0n) is 23.7. The molecule has 3 atom stereocenters. The summed E-state index contributed by atoms with van der Waals surface area (Å²) in [5, 5.41) is 9.01. The van der Waals surface area contributed by atoms with Crippen LogP contribution >= 0.6 is 0 Å². The number of amides is 3. The van der Waals surface area contributed by atoms with Gasteiger partial charge in [0.05, 0.1) is 18.7 Å². The van der Waals surface area contributed by atoms with Gasteiger partial charge < -0.3 is 30.4 Å². The third-order valence-electron chi connectivity index (χ3n) is 7.27. The fraction of sp³-hybridized carbons (Fsp3) is 0.387. The van der Waals surface area contributed by atoms with Gasteiger partial charge >= 0.3 is 5.97 Å². The van der Waals surface area contributed by atoms with Gasteiger partial charge in [0.2, 0.25) is 11.8 Å². The molecule has 4 rings (SSSR count). The van der Waals surface area contributed by atoms with Crippen LogP contribution in [0.3, 0.4) is 0 Å². The Morgan fingerprint density at radius 1 is 1.05 bits per heavy atom. The molecule has 0 spiro atoms. The second-order valence-electron chi connectivity index (χ2n) is 10.3. The number of nitrogens with one attached hydrogen (secondary N) is 4. The molecular formula is C31H42N4O7. The molecule has 2 heterocycles. The van der Waals surface area contributed by atoms with E-state index in [2.05, 4.69) is 20.9 Å². The molecule has 1 saturated heterocycles. The number of carbonyl (C=O) groups is 5. The van der Waals surface area contributed by atoms with Crippen LogP contribution in [0, 0.1) is 5.92 Å². The molecule has 42 heavy (non-hydrogen) atoms. The van der Waals surface area contributed by atoms with E-state index in [4.69, 9.17) is 9.47 Å². The lowest BCUT2D eigenvalue weighted by Gasteiger charge is -2.27. The molecule has 0 saturated carbocycles. The highest BCUT2D eigenvalue weighted by atomic mass is 16.5. The lowest BCUT2D eigenvalue weighted by atomic mass is 9.90. The number of carbonyl (C=O) groups excluding carboxylic acids is 5. The van der Waals surface area contributed by atoms with Crippen LogP contribution < -0.4 is 20.7 Å². The number of aromatic amines is 1. The first-order valence-corrected chi connectivity index (χ1v) is 14.1. The van der Waals surface area contributed by atoms with E-state index in [1.54, 1.807) is 55.6 Å². The first-order valence-electron chi connectivity index (χ1n) is 14.1. The second kappa shape index (κ2) is 14.3. The summed E-state index contributed by atoms with van der Waals surface area (Å²) in [7, 11) is 1.54. The van der Waals surface area contributed by atoms with E-state index in [9.17, 15) is 24.0 Å². The minimum atomic E-state index is -1.09. The number of fused-ring (bicyclic) bond motifs is 1. The molecule has 0 bridgehead atoms. The lowest BCUT2D eigenvalue weighted by molar-refractivity contribution is -0.132. The molecule has 0 radical (unpaired) electrons. The van der Waals surface area contributed by atoms with Crippen molar-refractivity contribution in [2.75, 3.05) is 20.3 Å². The van der Waals surface area contributed by atoms with Crippen molar-refractivity contribution in [2.45, 2.75) is 51.1 Å². The number of hydrogen-bond donors (Lipinski definition) is 4. The van der Waals surface area contributed by atoms with Gasteiger partial charge in [-0.3, -0.25) is 19.2 Å². The van der Waals surface area contributed by atoms with Crippen LogP contribution in [-0.4, -0.2) is 66.8 Å². The largest absolute Gasteiger partial charge is 0.496 e. The van der Waals surface area contributed by atoms with Crippen LogP contribution in [0.5, 0.6) is 5.75 Å². The van der Waals surface area contributed by atoms with E-state index in [1.807, 2.05) is 13.0 Å². The van der Waals surface area contributed by atoms with Crippen molar-refractivity contribution in [3.05, 3.63) is 65.9 Å². The van der Waals surface area contributed by atoms with Crippen LogP contribution in [0.2, 0.25) is 0 Å². The number of H-pyrrole nitrogens is 1. The predicted molar refractivity (Wildman–Crippen MR) is 161 cm³/mol. The molecule has 1 aliphatic rings. The van der Waals surface area contributed by atoms with Crippen LogP contribution in [0.15, 0.2) is 54.6 Å². The lowest BCUT2D eigenvalue weighted by Crippen LogP contribution is -2.53. The average Bonchev–Trinajstić information content (AvgIpc) is 3.45. The summed E-state index contributed by atoms with van der Waals surface area (Å²) in [6, 6.07) is 13.3. The number of esters is 1. The Morgan fingerprint density at radius 3 is 2.55 bits per heavy atom. The van der Waals surface area contributed by atoms with Gasteiger partial charge in [0.25, 0.3) is 5.91 Å². The minimum Gasteiger partial charge on any atom is -0.496 e. The zero-order chi connectivity index (χ0) is 30.1. The Hall–Kier alpha value is -4.67. The van der Waals surface area contributed by atoms with Gasteiger partial charge in [-0.2, -0.15) is 0 Å². The summed E-state index contributed by atoms with van der Waals surface area (Å²) in [6.07, 6.45) is 2.26. The fourth-order valence-electron chi connectivity index (χ4n) is 5.00. The molecule has 0 unspecified atom stereocenters. The second-order valence-corrected chi connectivity index (χ2v) is 10.3. The number of Topliss-reactive ketones (excluding diaryl/α,β-unsaturated/α-hetero) is 1. The van der Waals surface area contributed by atoms with Gasteiger partial charge in [0.1, 0.15) is 17.5 Å². The number of hydrogen-bond acceptors (Lipinski definition) is 7. The monoisotopic (exact) mass is 582 g/mol. The van der Waals surface area contributed by atoms with E-state index in [0.717, 1.165) is 11.8 Å². The van der Waals surface area contributed by atoms with Crippen molar-refractivity contribution in [2.24, 2.45) is 5.92 Å². The topological polar surface area (TPSA) is 156 Å². The summed E-state index contributed by atoms with van der Waals surface area (Å²) >= 11 is 0. The highest BCUT2D eigenvalue weighted by Gasteiger charge is 2.32. The zero-order valence-corrected chi connectivity index (χ0v) is 23.7.